The standard InChI is InChI=1S/C15H24N2O.ClH/c1-13-4-3-5-15(10-13)18-9-8-17-7-6-14(12-17)11-16-2;/h3-5,10,14,16H,6-9,11-12H2,1-2H3;1H. The highest BCUT2D eigenvalue weighted by atomic mass is 35.5. The normalized spacial score (nSPS) is 19.2. The Labute approximate surface area is 122 Å². The lowest BCUT2D eigenvalue weighted by Crippen LogP contribution is -2.28. The summed E-state index contributed by atoms with van der Waals surface area (Å²) < 4.78 is 5.79. The number of hydrogen-bond donors (Lipinski definition) is 1. The number of aryl methyl sites for hydroxylation is 1. The Balaban J connectivity index is 0.00000180. The van der Waals surface area contributed by atoms with Crippen LogP contribution in [-0.2, 0) is 0 Å². The van der Waals surface area contributed by atoms with Gasteiger partial charge >= 0.3 is 0 Å². The van der Waals surface area contributed by atoms with E-state index in [1.165, 1.54) is 25.1 Å². The minimum Gasteiger partial charge on any atom is -0.492 e. The first kappa shape index (κ1) is 16.3. The maximum Gasteiger partial charge on any atom is 0.119 e. The Morgan fingerprint density at radius 1 is 1.42 bits per heavy atom. The largest absolute Gasteiger partial charge is 0.492 e. The number of nitrogens with zero attached hydrogens (tertiary/aromatic N) is 1. The second-order valence-corrected chi connectivity index (χ2v) is 5.18. The summed E-state index contributed by atoms with van der Waals surface area (Å²) in [6, 6.07) is 8.26. The van der Waals surface area contributed by atoms with Crippen molar-refractivity contribution in [2.45, 2.75) is 13.3 Å². The second kappa shape index (κ2) is 8.41. The van der Waals surface area contributed by atoms with Gasteiger partial charge in [-0.15, -0.1) is 12.4 Å². The molecule has 1 aliphatic rings. The van der Waals surface area contributed by atoms with Gasteiger partial charge in [-0.2, -0.15) is 0 Å². The second-order valence-electron chi connectivity index (χ2n) is 5.18. The summed E-state index contributed by atoms with van der Waals surface area (Å²) >= 11 is 0. The van der Waals surface area contributed by atoms with Crippen LogP contribution in [0.25, 0.3) is 0 Å². The average Bonchev–Trinajstić information content (AvgIpc) is 2.78. The first-order chi connectivity index (χ1) is 8.78. The van der Waals surface area contributed by atoms with E-state index < -0.39 is 0 Å². The molecule has 1 saturated heterocycles. The molecule has 0 bridgehead atoms. The molecule has 0 spiro atoms. The summed E-state index contributed by atoms with van der Waals surface area (Å²) in [4.78, 5) is 2.50. The van der Waals surface area contributed by atoms with Crippen molar-refractivity contribution in [2.75, 3.05) is 39.8 Å². The minimum atomic E-state index is 0. The third-order valence-corrected chi connectivity index (χ3v) is 3.53. The van der Waals surface area contributed by atoms with Gasteiger partial charge in [0.25, 0.3) is 0 Å². The fraction of sp³-hybridized carbons (Fsp3) is 0.600. The summed E-state index contributed by atoms with van der Waals surface area (Å²) in [5.41, 5.74) is 1.25. The molecule has 0 aromatic heterocycles. The van der Waals surface area contributed by atoms with Crippen LogP contribution >= 0.6 is 12.4 Å². The van der Waals surface area contributed by atoms with Crippen molar-refractivity contribution < 1.29 is 4.74 Å². The summed E-state index contributed by atoms with van der Waals surface area (Å²) in [5, 5.41) is 3.26. The van der Waals surface area contributed by atoms with Crippen molar-refractivity contribution in [3.63, 3.8) is 0 Å². The highest BCUT2D eigenvalue weighted by Gasteiger charge is 2.21. The van der Waals surface area contributed by atoms with Crippen molar-refractivity contribution >= 4 is 12.4 Å². The quantitative estimate of drug-likeness (QED) is 0.868. The van der Waals surface area contributed by atoms with Crippen molar-refractivity contribution in [2.24, 2.45) is 5.92 Å². The Kier molecular flexibility index (Phi) is 7.21. The monoisotopic (exact) mass is 284 g/mol. The van der Waals surface area contributed by atoms with Crippen molar-refractivity contribution in [3.05, 3.63) is 29.8 Å². The third-order valence-electron chi connectivity index (χ3n) is 3.53. The lowest BCUT2D eigenvalue weighted by molar-refractivity contribution is 0.232. The van der Waals surface area contributed by atoms with Crippen LogP contribution in [0.1, 0.15) is 12.0 Å². The van der Waals surface area contributed by atoms with Gasteiger partial charge in [-0.25, -0.2) is 0 Å². The molecular formula is C15H25ClN2O. The molecule has 4 heteroatoms. The predicted molar refractivity (Wildman–Crippen MR) is 82.4 cm³/mol. The van der Waals surface area contributed by atoms with Gasteiger partial charge in [0.1, 0.15) is 12.4 Å². The molecule has 1 aromatic rings. The maximum atomic E-state index is 5.79. The van der Waals surface area contributed by atoms with Crippen molar-refractivity contribution in [1.29, 1.82) is 0 Å². The Morgan fingerprint density at radius 3 is 3.00 bits per heavy atom. The molecule has 108 valence electrons. The van der Waals surface area contributed by atoms with Crippen LogP contribution in [0.5, 0.6) is 5.75 Å². The summed E-state index contributed by atoms with van der Waals surface area (Å²) in [7, 11) is 2.03. The number of hydrogen-bond acceptors (Lipinski definition) is 3. The van der Waals surface area contributed by atoms with E-state index in [9.17, 15) is 0 Å². The van der Waals surface area contributed by atoms with E-state index in [1.807, 2.05) is 19.2 Å². The molecule has 1 aromatic carbocycles. The molecular weight excluding hydrogens is 260 g/mol. The van der Waals surface area contributed by atoms with Crippen LogP contribution in [0.2, 0.25) is 0 Å². The van der Waals surface area contributed by atoms with Gasteiger partial charge in [0, 0.05) is 13.1 Å². The molecule has 1 aliphatic heterocycles. The zero-order valence-electron chi connectivity index (χ0n) is 11.9. The fourth-order valence-electron chi connectivity index (χ4n) is 2.57. The van der Waals surface area contributed by atoms with Crippen LogP contribution in [0.4, 0.5) is 0 Å². The maximum absolute atomic E-state index is 5.79. The lowest BCUT2D eigenvalue weighted by Gasteiger charge is -2.16. The highest BCUT2D eigenvalue weighted by Crippen LogP contribution is 2.16. The molecule has 0 radical (unpaired) electrons. The molecule has 2 rings (SSSR count). The van der Waals surface area contributed by atoms with E-state index in [4.69, 9.17) is 4.74 Å². The first-order valence-corrected chi connectivity index (χ1v) is 6.84. The summed E-state index contributed by atoms with van der Waals surface area (Å²) in [6.45, 7) is 7.47. The third kappa shape index (κ3) is 5.39. The van der Waals surface area contributed by atoms with E-state index in [1.54, 1.807) is 0 Å². The molecule has 1 N–H and O–H groups in total. The molecule has 1 heterocycles. The number of ether oxygens (including phenoxy) is 1. The van der Waals surface area contributed by atoms with Gasteiger partial charge < -0.3 is 10.1 Å². The van der Waals surface area contributed by atoms with Gasteiger partial charge in [0.05, 0.1) is 0 Å². The number of halogens is 1. The van der Waals surface area contributed by atoms with Gasteiger partial charge in [-0.05, 0) is 57.1 Å². The van der Waals surface area contributed by atoms with Gasteiger partial charge in [0.15, 0.2) is 0 Å². The molecule has 19 heavy (non-hydrogen) atoms. The minimum absolute atomic E-state index is 0. The van der Waals surface area contributed by atoms with E-state index in [0.29, 0.717) is 0 Å². The number of nitrogens with one attached hydrogen (secondary N) is 1. The Bertz CT molecular complexity index is 373. The summed E-state index contributed by atoms with van der Waals surface area (Å²) in [6.07, 6.45) is 1.31. The lowest BCUT2D eigenvalue weighted by atomic mass is 10.1. The average molecular weight is 285 g/mol. The molecule has 1 atom stereocenters. The van der Waals surface area contributed by atoms with E-state index in [-0.39, 0.29) is 12.4 Å². The van der Waals surface area contributed by atoms with Crippen LogP contribution in [-0.4, -0.2) is 44.7 Å². The fourth-order valence-corrected chi connectivity index (χ4v) is 2.57. The Morgan fingerprint density at radius 2 is 2.26 bits per heavy atom. The zero-order valence-corrected chi connectivity index (χ0v) is 12.7. The smallest absolute Gasteiger partial charge is 0.119 e. The molecule has 1 fully saturated rings. The van der Waals surface area contributed by atoms with Gasteiger partial charge in [0.2, 0.25) is 0 Å². The van der Waals surface area contributed by atoms with E-state index in [2.05, 4.69) is 29.3 Å². The number of likely N-dealkylation sites (tertiary alicyclic amines) is 1. The highest BCUT2D eigenvalue weighted by molar-refractivity contribution is 5.85. The zero-order chi connectivity index (χ0) is 12.8. The van der Waals surface area contributed by atoms with Crippen LogP contribution in [0, 0.1) is 12.8 Å². The molecule has 0 aliphatic carbocycles. The topological polar surface area (TPSA) is 24.5 Å². The molecule has 3 nitrogen and oxygen atoms in total. The summed E-state index contributed by atoms with van der Waals surface area (Å²) in [5.74, 6) is 1.80. The van der Waals surface area contributed by atoms with Crippen molar-refractivity contribution in [1.82, 2.24) is 10.2 Å². The molecule has 0 amide bonds. The van der Waals surface area contributed by atoms with Crippen LogP contribution in [0.3, 0.4) is 0 Å². The Hall–Kier alpha value is -0.770. The van der Waals surface area contributed by atoms with E-state index in [0.717, 1.165) is 31.4 Å². The van der Waals surface area contributed by atoms with Crippen molar-refractivity contribution in [3.8, 4) is 5.75 Å². The van der Waals surface area contributed by atoms with Gasteiger partial charge in [-0.1, -0.05) is 12.1 Å². The molecule has 1 unspecified atom stereocenters. The van der Waals surface area contributed by atoms with Gasteiger partial charge in [-0.3, -0.25) is 4.90 Å². The number of rotatable bonds is 6. The first-order valence-electron chi connectivity index (χ1n) is 6.84. The van der Waals surface area contributed by atoms with Crippen LogP contribution < -0.4 is 10.1 Å². The molecule has 0 saturated carbocycles. The van der Waals surface area contributed by atoms with E-state index >= 15 is 0 Å². The number of benzene rings is 1. The predicted octanol–water partition coefficient (Wildman–Crippen LogP) is 2.34. The SMILES string of the molecule is CNCC1CCN(CCOc2cccc(C)c2)C1.Cl. The van der Waals surface area contributed by atoms with Crippen LogP contribution in [0.15, 0.2) is 24.3 Å².